The molecule has 0 saturated carbocycles. The SMILES string of the molecule is C[C@H](O)[C@H](N)c1cc(C(F)(F)F)ccc1Cl. The van der Waals surface area contributed by atoms with Gasteiger partial charge in [-0.15, -0.1) is 0 Å². The van der Waals surface area contributed by atoms with Crippen LogP contribution in [-0.2, 0) is 6.18 Å². The molecule has 0 heterocycles. The smallest absolute Gasteiger partial charge is 0.391 e. The lowest BCUT2D eigenvalue weighted by molar-refractivity contribution is -0.137. The molecule has 0 aliphatic rings. The van der Waals surface area contributed by atoms with E-state index in [2.05, 4.69) is 0 Å². The topological polar surface area (TPSA) is 46.2 Å². The molecule has 0 bridgehead atoms. The second-order valence-corrected chi connectivity index (χ2v) is 3.91. The summed E-state index contributed by atoms with van der Waals surface area (Å²) < 4.78 is 37.3. The normalized spacial score (nSPS) is 15.9. The molecule has 16 heavy (non-hydrogen) atoms. The number of nitrogens with two attached hydrogens (primary N) is 1. The third kappa shape index (κ3) is 2.87. The summed E-state index contributed by atoms with van der Waals surface area (Å²) in [6.07, 6.45) is -5.42. The lowest BCUT2D eigenvalue weighted by atomic mass is 10.0. The molecule has 0 radical (unpaired) electrons. The van der Waals surface area contributed by atoms with E-state index in [9.17, 15) is 18.3 Å². The third-order valence-electron chi connectivity index (χ3n) is 2.20. The van der Waals surface area contributed by atoms with Crippen LogP contribution in [0.1, 0.15) is 24.1 Å². The number of halogens is 4. The summed E-state index contributed by atoms with van der Waals surface area (Å²) in [6.45, 7) is 1.39. The van der Waals surface area contributed by atoms with Crippen LogP contribution in [0, 0.1) is 0 Å². The molecule has 90 valence electrons. The minimum Gasteiger partial charge on any atom is -0.391 e. The average molecular weight is 254 g/mol. The number of aliphatic hydroxyl groups excluding tert-OH is 1. The van der Waals surface area contributed by atoms with Gasteiger partial charge >= 0.3 is 6.18 Å². The van der Waals surface area contributed by atoms with Crippen LogP contribution in [0.25, 0.3) is 0 Å². The fourth-order valence-corrected chi connectivity index (χ4v) is 1.48. The minimum atomic E-state index is -4.45. The van der Waals surface area contributed by atoms with Gasteiger partial charge in [-0.3, -0.25) is 0 Å². The standard InChI is InChI=1S/C10H11ClF3NO/c1-5(16)9(15)7-4-6(10(12,13)14)2-3-8(7)11/h2-5,9,16H,15H2,1H3/t5-,9-/m0/s1. The van der Waals surface area contributed by atoms with E-state index in [0.717, 1.165) is 18.2 Å². The Balaban J connectivity index is 3.19. The van der Waals surface area contributed by atoms with E-state index >= 15 is 0 Å². The Bertz CT molecular complexity index is 379. The van der Waals surface area contributed by atoms with Crippen molar-refractivity contribution >= 4 is 11.6 Å². The van der Waals surface area contributed by atoms with Crippen LogP contribution in [0.5, 0.6) is 0 Å². The van der Waals surface area contributed by atoms with Gasteiger partial charge in [0, 0.05) is 5.02 Å². The summed E-state index contributed by atoms with van der Waals surface area (Å²) in [6, 6.07) is 1.93. The van der Waals surface area contributed by atoms with E-state index < -0.39 is 23.9 Å². The number of alkyl halides is 3. The first-order chi connectivity index (χ1) is 7.23. The Hall–Kier alpha value is -0.780. The lowest BCUT2D eigenvalue weighted by Gasteiger charge is -2.18. The Morgan fingerprint density at radius 2 is 1.94 bits per heavy atom. The predicted molar refractivity (Wildman–Crippen MR) is 55.1 cm³/mol. The Morgan fingerprint density at radius 1 is 1.38 bits per heavy atom. The molecule has 0 spiro atoms. The van der Waals surface area contributed by atoms with Crippen LogP contribution in [0.15, 0.2) is 18.2 Å². The number of benzene rings is 1. The molecule has 0 fully saturated rings. The van der Waals surface area contributed by atoms with Gasteiger partial charge in [-0.25, -0.2) is 0 Å². The van der Waals surface area contributed by atoms with Gasteiger partial charge in [0.1, 0.15) is 0 Å². The first-order valence-corrected chi connectivity index (χ1v) is 4.91. The van der Waals surface area contributed by atoms with E-state index in [1.165, 1.54) is 6.92 Å². The predicted octanol–water partition coefficient (Wildman–Crippen LogP) is 2.74. The molecule has 2 nitrogen and oxygen atoms in total. The Morgan fingerprint density at radius 3 is 2.38 bits per heavy atom. The fourth-order valence-electron chi connectivity index (χ4n) is 1.24. The second kappa shape index (κ2) is 4.61. The average Bonchev–Trinajstić information content (AvgIpc) is 2.15. The highest BCUT2D eigenvalue weighted by molar-refractivity contribution is 6.31. The highest BCUT2D eigenvalue weighted by Crippen LogP contribution is 2.33. The summed E-state index contributed by atoms with van der Waals surface area (Å²) in [5.74, 6) is 0. The van der Waals surface area contributed by atoms with Crippen molar-refractivity contribution in [3.05, 3.63) is 34.3 Å². The minimum absolute atomic E-state index is 0.0893. The maximum Gasteiger partial charge on any atom is 0.416 e. The zero-order valence-electron chi connectivity index (χ0n) is 8.42. The first-order valence-electron chi connectivity index (χ1n) is 4.53. The molecule has 1 rings (SSSR count). The van der Waals surface area contributed by atoms with Crippen molar-refractivity contribution in [2.75, 3.05) is 0 Å². The van der Waals surface area contributed by atoms with Gasteiger partial charge in [0.05, 0.1) is 17.7 Å². The quantitative estimate of drug-likeness (QED) is 0.851. The molecule has 6 heteroatoms. The van der Waals surface area contributed by atoms with Gasteiger partial charge in [-0.05, 0) is 30.7 Å². The number of hydrogen-bond donors (Lipinski definition) is 2. The number of rotatable bonds is 2. The van der Waals surface area contributed by atoms with Gasteiger partial charge in [0.15, 0.2) is 0 Å². The van der Waals surface area contributed by atoms with Gasteiger partial charge in [-0.1, -0.05) is 11.6 Å². The van der Waals surface area contributed by atoms with Gasteiger partial charge in [0.25, 0.3) is 0 Å². The van der Waals surface area contributed by atoms with Crippen molar-refractivity contribution in [1.82, 2.24) is 0 Å². The van der Waals surface area contributed by atoms with Crippen molar-refractivity contribution in [2.24, 2.45) is 5.73 Å². The summed E-state index contributed by atoms with van der Waals surface area (Å²) >= 11 is 5.73. The fraction of sp³-hybridized carbons (Fsp3) is 0.400. The molecule has 0 amide bonds. The maximum atomic E-state index is 12.4. The molecular weight excluding hydrogens is 243 g/mol. The van der Waals surface area contributed by atoms with Gasteiger partial charge in [-0.2, -0.15) is 13.2 Å². The van der Waals surface area contributed by atoms with Crippen LogP contribution in [0.4, 0.5) is 13.2 Å². The molecule has 0 unspecified atom stereocenters. The third-order valence-corrected chi connectivity index (χ3v) is 2.55. The summed E-state index contributed by atoms with van der Waals surface area (Å²) in [7, 11) is 0. The van der Waals surface area contributed by atoms with Gasteiger partial charge in [0.2, 0.25) is 0 Å². The first kappa shape index (κ1) is 13.3. The van der Waals surface area contributed by atoms with E-state index in [1.807, 2.05) is 0 Å². The summed E-state index contributed by atoms with van der Waals surface area (Å²) in [5, 5.41) is 9.34. The molecule has 0 saturated heterocycles. The van der Waals surface area contributed by atoms with Crippen LogP contribution < -0.4 is 5.73 Å². The highest BCUT2D eigenvalue weighted by Gasteiger charge is 2.31. The van der Waals surface area contributed by atoms with Crippen LogP contribution >= 0.6 is 11.6 Å². The highest BCUT2D eigenvalue weighted by atomic mass is 35.5. The number of hydrogen-bond acceptors (Lipinski definition) is 2. The largest absolute Gasteiger partial charge is 0.416 e. The molecule has 0 aliphatic heterocycles. The number of aliphatic hydroxyl groups is 1. The Labute approximate surface area is 95.8 Å². The monoisotopic (exact) mass is 253 g/mol. The van der Waals surface area contributed by atoms with E-state index in [-0.39, 0.29) is 10.6 Å². The summed E-state index contributed by atoms with van der Waals surface area (Å²) in [4.78, 5) is 0. The second-order valence-electron chi connectivity index (χ2n) is 3.50. The van der Waals surface area contributed by atoms with Gasteiger partial charge < -0.3 is 10.8 Å². The van der Waals surface area contributed by atoms with Crippen molar-refractivity contribution in [3.63, 3.8) is 0 Å². The molecule has 0 aromatic heterocycles. The molecule has 1 aromatic carbocycles. The molecule has 3 N–H and O–H groups in total. The molecule has 0 aliphatic carbocycles. The Kier molecular flexibility index (Phi) is 3.83. The van der Waals surface area contributed by atoms with Crippen molar-refractivity contribution in [1.29, 1.82) is 0 Å². The zero-order chi connectivity index (χ0) is 12.5. The zero-order valence-corrected chi connectivity index (χ0v) is 9.18. The molecular formula is C10H11ClF3NO. The molecule has 1 aromatic rings. The van der Waals surface area contributed by atoms with E-state index in [0.29, 0.717) is 0 Å². The van der Waals surface area contributed by atoms with Crippen molar-refractivity contribution in [2.45, 2.75) is 25.2 Å². The summed E-state index contributed by atoms with van der Waals surface area (Å²) in [5.41, 5.74) is 4.81. The molecule has 2 atom stereocenters. The van der Waals surface area contributed by atoms with Crippen LogP contribution in [0.3, 0.4) is 0 Å². The lowest BCUT2D eigenvalue weighted by Crippen LogP contribution is -2.24. The van der Waals surface area contributed by atoms with Crippen LogP contribution in [-0.4, -0.2) is 11.2 Å². The van der Waals surface area contributed by atoms with E-state index in [1.54, 1.807) is 0 Å². The van der Waals surface area contributed by atoms with Crippen molar-refractivity contribution < 1.29 is 18.3 Å². The van der Waals surface area contributed by atoms with Crippen LogP contribution in [0.2, 0.25) is 5.02 Å². The maximum absolute atomic E-state index is 12.4. The van der Waals surface area contributed by atoms with E-state index in [4.69, 9.17) is 17.3 Å². The van der Waals surface area contributed by atoms with Crippen molar-refractivity contribution in [3.8, 4) is 0 Å².